The van der Waals surface area contributed by atoms with E-state index in [0.29, 0.717) is 6.42 Å². The molecule has 0 aromatic rings. The van der Waals surface area contributed by atoms with E-state index in [4.69, 9.17) is 4.18 Å². The monoisotopic (exact) mass is 235 g/mol. The summed E-state index contributed by atoms with van der Waals surface area (Å²) in [5, 5.41) is 2.29. The molecule has 5 nitrogen and oxygen atoms in total. The van der Waals surface area contributed by atoms with Gasteiger partial charge < -0.3 is 5.32 Å². The van der Waals surface area contributed by atoms with Crippen LogP contribution in [0.2, 0.25) is 0 Å². The molecule has 0 bridgehead atoms. The topological polar surface area (TPSA) is 72.5 Å². The van der Waals surface area contributed by atoms with Gasteiger partial charge in [-0.05, 0) is 26.3 Å². The molecule has 0 aromatic heterocycles. The van der Waals surface area contributed by atoms with Crippen LogP contribution in [0.3, 0.4) is 0 Å². The van der Waals surface area contributed by atoms with Crippen LogP contribution in [0.15, 0.2) is 12.7 Å². The van der Waals surface area contributed by atoms with Crippen molar-refractivity contribution in [3.8, 4) is 0 Å². The number of nitrogens with one attached hydrogen (secondary N) is 1. The second-order valence-corrected chi connectivity index (χ2v) is 5.64. The molecule has 0 aliphatic heterocycles. The smallest absolute Gasteiger partial charge is 0.291 e. The number of amides is 1. The molecule has 1 N–H and O–H groups in total. The maximum atomic E-state index is 11.6. The summed E-state index contributed by atoms with van der Waals surface area (Å²) in [5.41, 5.74) is 0. The molecule has 0 unspecified atom stereocenters. The highest BCUT2D eigenvalue weighted by atomic mass is 32.2. The predicted molar refractivity (Wildman–Crippen MR) is 57.6 cm³/mol. The number of carbonyl (C=O) groups excluding carboxylic acids is 1. The third-order valence-corrected chi connectivity index (χ3v) is 3.51. The number of carbonyl (C=O) groups is 1. The summed E-state index contributed by atoms with van der Waals surface area (Å²) in [6.45, 7) is 7.87. The first kappa shape index (κ1) is 14.1. The van der Waals surface area contributed by atoms with Crippen molar-refractivity contribution < 1.29 is 17.4 Å². The van der Waals surface area contributed by atoms with Gasteiger partial charge in [0.1, 0.15) is 0 Å². The molecule has 0 heterocycles. The zero-order chi connectivity index (χ0) is 12.1. The fourth-order valence-electron chi connectivity index (χ4n) is 0.751. The second kappa shape index (κ2) is 5.27. The molecule has 0 saturated carbocycles. The first-order chi connectivity index (χ1) is 6.77. The van der Waals surface area contributed by atoms with Crippen molar-refractivity contribution in [2.75, 3.05) is 6.61 Å². The Morgan fingerprint density at radius 1 is 1.53 bits per heavy atom. The van der Waals surface area contributed by atoms with E-state index in [-0.39, 0.29) is 6.61 Å². The molecular weight excluding hydrogens is 218 g/mol. The van der Waals surface area contributed by atoms with Crippen LogP contribution < -0.4 is 5.32 Å². The van der Waals surface area contributed by atoms with Gasteiger partial charge >= 0.3 is 0 Å². The minimum absolute atomic E-state index is 0.107. The van der Waals surface area contributed by atoms with Gasteiger partial charge in [0.15, 0.2) is 4.87 Å². The maximum absolute atomic E-state index is 11.6. The Morgan fingerprint density at radius 3 is 2.47 bits per heavy atom. The first-order valence-corrected chi connectivity index (χ1v) is 6.01. The standard InChI is InChI=1S/C9H17NO4S/c1-5-7-14-15(12,13)9(3,4)10-8(11)6-2/h6H,2,5,7H2,1,3-4H3,(H,10,11). The lowest BCUT2D eigenvalue weighted by molar-refractivity contribution is -0.117. The largest absolute Gasteiger partial charge is 0.332 e. The van der Waals surface area contributed by atoms with E-state index in [0.717, 1.165) is 6.08 Å². The highest BCUT2D eigenvalue weighted by Crippen LogP contribution is 2.15. The fraction of sp³-hybridized carbons (Fsp3) is 0.667. The van der Waals surface area contributed by atoms with Crippen LogP contribution in [0, 0.1) is 0 Å². The molecule has 0 atom stereocenters. The van der Waals surface area contributed by atoms with Gasteiger partial charge in [0.25, 0.3) is 10.1 Å². The Balaban J connectivity index is 4.69. The summed E-state index contributed by atoms with van der Waals surface area (Å²) in [7, 11) is -3.81. The average Bonchev–Trinajstić information content (AvgIpc) is 2.13. The lowest BCUT2D eigenvalue weighted by atomic mass is 10.4. The van der Waals surface area contributed by atoms with Gasteiger partial charge in [0, 0.05) is 0 Å². The van der Waals surface area contributed by atoms with Crippen LogP contribution in [0.4, 0.5) is 0 Å². The average molecular weight is 235 g/mol. The first-order valence-electron chi connectivity index (χ1n) is 4.60. The lowest BCUT2D eigenvalue weighted by Gasteiger charge is -2.24. The number of rotatable bonds is 6. The zero-order valence-corrected chi connectivity index (χ0v) is 10.1. The van der Waals surface area contributed by atoms with E-state index in [1.165, 1.54) is 13.8 Å². The van der Waals surface area contributed by atoms with E-state index in [9.17, 15) is 13.2 Å². The van der Waals surface area contributed by atoms with E-state index in [2.05, 4.69) is 11.9 Å². The van der Waals surface area contributed by atoms with Crippen molar-refractivity contribution in [3.63, 3.8) is 0 Å². The van der Waals surface area contributed by atoms with Crippen molar-refractivity contribution in [1.82, 2.24) is 5.32 Å². The molecule has 0 spiro atoms. The van der Waals surface area contributed by atoms with Crippen molar-refractivity contribution in [2.24, 2.45) is 0 Å². The summed E-state index contributed by atoms with van der Waals surface area (Å²) in [6, 6.07) is 0. The van der Waals surface area contributed by atoms with Crippen molar-refractivity contribution in [3.05, 3.63) is 12.7 Å². The summed E-state index contributed by atoms with van der Waals surface area (Å²) < 4.78 is 27.9. The maximum Gasteiger partial charge on any atom is 0.291 e. The normalized spacial score (nSPS) is 12.2. The molecule has 0 rings (SSSR count). The van der Waals surface area contributed by atoms with Crippen molar-refractivity contribution >= 4 is 16.0 Å². The van der Waals surface area contributed by atoms with E-state index < -0.39 is 20.9 Å². The molecular formula is C9H17NO4S. The highest BCUT2D eigenvalue weighted by molar-refractivity contribution is 7.88. The van der Waals surface area contributed by atoms with Gasteiger partial charge in [-0.25, -0.2) is 0 Å². The molecule has 0 aliphatic carbocycles. The summed E-state index contributed by atoms with van der Waals surface area (Å²) in [5.74, 6) is -0.552. The number of hydrogen-bond acceptors (Lipinski definition) is 4. The summed E-state index contributed by atoms with van der Waals surface area (Å²) in [6.07, 6.45) is 1.60. The molecule has 15 heavy (non-hydrogen) atoms. The van der Waals surface area contributed by atoms with Gasteiger partial charge in [-0.3, -0.25) is 8.98 Å². The Kier molecular flexibility index (Phi) is 4.96. The second-order valence-electron chi connectivity index (χ2n) is 3.48. The van der Waals surface area contributed by atoms with Crippen LogP contribution in [0.5, 0.6) is 0 Å². The van der Waals surface area contributed by atoms with Gasteiger partial charge in [-0.2, -0.15) is 8.42 Å². The molecule has 0 aliphatic rings. The lowest BCUT2D eigenvalue weighted by Crippen LogP contribution is -2.49. The summed E-state index contributed by atoms with van der Waals surface area (Å²) in [4.78, 5) is 9.55. The molecule has 0 radical (unpaired) electrons. The third-order valence-electron chi connectivity index (χ3n) is 1.68. The third kappa shape index (κ3) is 4.01. The van der Waals surface area contributed by atoms with Gasteiger partial charge in [-0.1, -0.05) is 13.5 Å². The van der Waals surface area contributed by atoms with Gasteiger partial charge in [0.2, 0.25) is 5.91 Å². The van der Waals surface area contributed by atoms with Crippen molar-refractivity contribution in [2.45, 2.75) is 32.1 Å². The predicted octanol–water partition coefficient (Wildman–Crippen LogP) is 0.781. The molecule has 6 heteroatoms. The SMILES string of the molecule is C=CC(=O)NC(C)(C)S(=O)(=O)OCCC. The van der Waals surface area contributed by atoms with Crippen LogP contribution in [0.1, 0.15) is 27.2 Å². The molecule has 0 aromatic carbocycles. The van der Waals surface area contributed by atoms with Crippen LogP contribution >= 0.6 is 0 Å². The van der Waals surface area contributed by atoms with Crippen LogP contribution in [0.25, 0.3) is 0 Å². The van der Waals surface area contributed by atoms with E-state index in [1.54, 1.807) is 6.92 Å². The fourth-order valence-corrected chi connectivity index (χ4v) is 1.66. The summed E-state index contributed by atoms with van der Waals surface area (Å²) >= 11 is 0. The Bertz CT molecular complexity index is 332. The van der Waals surface area contributed by atoms with Gasteiger partial charge in [0.05, 0.1) is 6.61 Å². The molecule has 1 amide bonds. The van der Waals surface area contributed by atoms with E-state index in [1.807, 2.05) is 0 Å². The molecule has 88 valence electrons. The number of hydrogen-bond donors (Lipinski definition) is 1. The van der Waals surface area contributed by atoms with Crippen molar-refractivity contribution in [1.29, 1.82) is 0 Å². The molecule has 0 fully saturated rings. The van der Waals surface area contributed by atoms with Crippen LogP contribution in [-0.2, 0) is 19.1 Å². The minimum Gasteiger partial charge on any atom is -0.332 e. The quantitative estimate of drug-likeness (QED) is 0.545. The van der Waals surface area contributed by atoms with Crippen LogP contribution in [-0.4, -0.2) is 25.8 Å². The highest BCUT2D eigenvalue weighted by Gasteiger charge is 2.36. The van der Waals surface area contributed by atoms with E-state index >= 15 is 0 Å². The minimum atomic E-state index is -3.81. The zero-order valence-electron chi connectivity index (χ0n) is 9.24. The Labute approximate surface area is 90.6 Å². The molecule has 0 saturated heterocycles. The Hall–Kier alpha value is -0.880. The Morgan fingerprint density at radius 2 is 2.07 bits per heavy atom. The van der Waals surface area contributed by atoms with Gasteiger partial charge in [-0.15, -0.1) is 0 Å².